The number of carbonyl (C=O) groups excluding carboxylic acids is 1. The molecule has 2 aliphatic rings. The summed E-state index contributed by atoms with van der Waals surface area (Å²) in [4.78, 5) is 20.2. The number of fused-ring (bicyclic) bond motifs is 1. The van der Waals surface area contributed by atoms with Gasteiger partial charge in [-0.3, -0.25) is 4.79 Å². The molecular weight excluding hydrogens is 378 g/mol. The van der Waals surface area contributed by atoms with E-state index in [0.29, 0.717) is 17.1 Å². The monoisotopic (exact) mass is 392 g/mol. The van der Waals surface area contributed by atoms with Crippen LogP contribution in [0, 0.1) is 5.92 Å². The van der Waals surface area contributed by atoms with Crippen LogP contribution in [-0.2, 0) is 10.3 Å². The molecule has 3 atom stereocenters. The fourth-order valence-corrected chi connectivity index (χ4v) is 3.49. The van der Waals surface area contributed by atoms with Gasteiger partial charge in [0.15, 0.2) is 5.54 Å². The summed E-state index contributed by atoms with van der Waals surface area (Å²) in [6, 6.07) is 9.00. The second-order valence-electron chi connectivity index (χ2n) is 6.47. The Hall–Kier alpha value is -2.74. The molecule has 3 N–H and O–H groups in total. The number of aromatic nitrogens is 1. The van der Waals surface area contributed by atoms with Gasteiger partial charge in [0.25, 0.3) is 18.4 Å². The van der Waals surface area contributed by atoms with Crippen molar-refractivity contribution >= 4 is 29.2 Å². The molecular formula is C18H15ClF2N4O2. The number of pyridine rings is 1. The number of anilines is 1. The van der Waals surface area contributed by atoms with E-state index in [4.69, 9.17) is 22.1 Å². The summed E-state index contributed by atoms with van der Waals surface area (Å²) in [6.45, 7) is 0. The molecule has 2 heterocycles. The molecule has 4 rings (SSSR count). The second-order valence-corrected chi connectivity index (χ2v) is 6.91. The van der Waals surface area contributed by atoms with Crippen molar-refractivity contribution in [2.24, 2.45) is 16.6 Å². The van der Waals surface area contributed by atoms with E-state index >= 15 is 0 Å². The number of nitrogens with one attached hydrogen (secondary N) is 1. The highest BCUT2D eigenvalue weighted by Crippen LogP contribution is 2.55. The molecule has 0 spiro atoms. The quantitative estimate of drug-likeness (QED) is 0.836. The van der Waals surface area contributed by atoms with Crippen LogP contribution in [0.4, 0.5) is 14.5 Å². The lowest BCUT2D eigenvalue weighted by Crippen LogP contribution is -2.42. The van der Waals surface area contributed by atoms with Gasteiger partial charge in [-0.25, -0.2) is 18.8 Å². The number of amides is 1. The molecule has 6 nitrogen and oxygen atoms in total. The smallest absolute Gasteiger partial charge is 0.283 e. The van der Waals surface area contributed by atoms with E-state index in [9.17, 15) is 13.6 Å². The van der Waals surface area contributed by atoms with Crippen molar-refractivity contribution in [2.45, 2.75) is 24.5 Å². The Morgan fingerprint density at radius 3 is 2.89 bits per heavy atom. The Morgan fingerprint density at radius 1 is 1.37 bits per heavy atom. The first-order valence-electron chi connectivity index (χ1n) is 8.23. The van der Waals surface area contributed by atoms with Crippen molar-refractivity contribution in [3.63, 3.8) is 0 Å². The largest absolute Gasteiger partial charge is 0.462 e. The first-order chi connectivity index (χ1) is 12.9. The lowest BCUT2D eigenvalue weighted by Gasteiger charge is -2.33. The van der Waals surface area contributed by atoms with E-state index in [2.05, 4.69) is 15.3 Å². The number of aliphatic imine (C=N–C) groups is 1. The molecule has 0 unspecified atom stereocenters. The Kier molecular flexibility index (Phi) is 4.22. The van der Waals surface area contributed by atoms with E-state index in [1.807, 2.05) is 0 Å². The molecule has 0 bridgehead atoms. The maximum Gasteiger partial charge on any atom is 0.283 e. The topological polar surface area (TPSA) is 89.6 Å². The van der Waals surface area contributed by atoms with Crippen LogP contribution in [0.2, 0.25) is 5.02 Å². The van der Waals surface area contributed by atoms with Crippen molar-refractivity contribution in [1.82, 2.24) is 4.98 Å². The van der Waals surface area contributed by atoms with Crippen LogP contribution in [-0.4, -0.2) is 29.4 Å². The number of nitrogens with two attached hydrogens (primary N) is 1. The van der Waals surface area contributed by atoms with E-state index in [1.165, 1.54) is 18.3 Å². The lowest BCUT2D eigenvalue weighted by atomic mass is 9.85. The Balaban J connectivity index is 1.65. The van der Waals surface area contributed by atoms with Gasteiger partial charge in [-0.05, 0) is 36.2 Å². The number of nitrogens with zero attached hydrogens (tertiary/aromatic N) is 2. The highest BCUT2D eigenvalue weighted by molar-refractivity contribution is 6.30. The number of amidine groups is 1. The number of hydrogen-bond donors (Lipinski definition) is 2. The van der Waals surface area contributed by atoms with E-state index < -0.39 is 23.8 Å². The van der Waals surface area contributed by atoms with Crippen LogP contribution in [0.5, 0.6) is 0 Å². The highest BCUT2D eigenvalue weighted by atomic mass is 35.5. The van der Waals surface area contributed by atoms with Gasteiger partial charge in [0.2, 0.25) is 0 Å². The number of hydrogen-bond acceptors (Lipinski definition) is 5. The maximum absolute atomic E-state index is 14.1. The van der Waals surface area contributed by atoms with Gasteiger partial charge >= 0.3 is 0 Å². The molecule has 1 aromatic heterocycles. The van der Waals surface area contributed by atoms with Crippen LogP contribution in [0.1, 0.15) is 22.5 Å². The number of carbonyl (C=O) groups is 1. The van der Waals surface area contributed by atoms with Crippen molar-refractivity contribution in [3.8, 4) is 0 Å². The van der Waals surface area contributed by atoms with Gasteiger partial charge in [0.05, 0.1) is 5.02 Å². The van der Waals surface area contributed by atoms with Crippen molar-refractivity contribution in [1.29, 1.82) is 0 Å². The van der Waals surface area contributed by atoms with Crippen LogP contribution >= 0.6 is 11.6 Å². The molecule has 1 aromatic carbocycles. The molecule has 1 fully saturated rings. The zero-order valence-corrected chi connectivity index (χ0v) is 14.7. The average molecular weight is 393 g/mol. The summed E-state index contributed by atoms with van der Waals surface area (Å²) < 4.78 is 33.4. The lowest BCUT2D eigenvalue weighted by molar-refractivity contribution is 0.0197. The Morgan fingerprint density at radius 2 is 2.19 bits per heavy atom. The molecule has 2 aromatic rings. The first-order valence-corrected chi connectivity index (χ1v) is 8.61. The third-order valence-electron chi connectivity index (χ3n) is 4.74. The fourth-order valence-electron chi connectivity index (χ4n) is 3.38. The van der Waals surface area contributed by atoms with Gasteiger partial charge in [0.1, 0.15) is 11.8 Å². The summed E-state index contributed by atoms with van der Waals surface area (Å²) >= 11 is 5.76. The number of ether oxygens (including phenoxy) is 1. The van der Waals surface area contributed by atoms with Gasteiger partial charge in [-0.1, -0.05) is 23.7 Å². The molecule has 0 saturated heterocycles. The zero-order valence-electron chi connectivity index (χ0n) is 13.9. The predicted molar refractivity (Wildman–Crippen MR) is 95.9 cm³/mol. The van der Waals surface area contributed by atoms with E-state index in [-0.39, 0.29) is 23.4 Å². The Labute approximate surface area is 158 Å². The van der Waals surface area contributed by atoms with Crippen molar-refractivity contribution < 1.29 is 18.3 Å². The van der Waals surface area contributed by atoms with E-state index in [0.717, 1.165) is 0 Å². The summed E-state index contributed by atoms with van der Waals surface area (Å²) in [5, 5.41) is 3.06. The molecule has 140 valence electrons. The first kappa shape index (κ1) is 17.7. The number of alkyl halides is 2. The average Bonchev–Trinajstić information content (AvgIpc) is 3.41. The van der Waals surface area contributed by atoms with Crippen molar-refractivity contribution in [2.75, 3.05) is 5.32 Å². The zero-order chi connectivity index (χ0) is 19.2. The van der Waals surface area contributed by atoms with Gasteiger partial charge in [-0.15, -0.1) is 0 Å². The van der Waals surface area contributed by atoms with Gasteiger partial charge in [0, 0.05) is 17.8 Å². The normalized spacial score (nSPS) is 26.0. The van der Waals surface area contributed by atoms with Gasteiger partial charge < -0.3 is 15.8 Å². The standard InChI is InChI=1S/C18H15ClF2N4O2/c19-10-4-5-13(23-8-10)15(26)24-11-3-1-2-9(6-11)18(16(20)21)12-7-14(12)27-17(22)25-18/h1-6,8,12,14,16H,7H2,(H2,22,25)(H,24,26)/t12-,14+,18-/m0/s1. The summed E-state index contributed by atoms with van der Waals surface area (Å²) in [7, 11) is 0. The third kappa shape index (κ3) is 3.10. The van der Waals surface area contributed by atoms with Crippen LogP contribution in [0.15, 0.2) is 47.6 Å². The maximum atomic E-state index is 14.1. The number of benzene rings is 1. The highest BCUT2D eigenvalue weighted by Gasteiger charge is 2.63. The van der Waals surface area contributed by atoms with Crippen molar-refractivity contribution in [3.05, 3.63) is 58.9 Å². The SMILES string of the molecule is NC1=N[C@](c2cccc(NC(=O)c3ccc(Cl)cn3)c2)(C(F)F)[C@H]2C[C@H]2O1. The third-order valence-corrected chi connectivity index (χ3v) is 4.96. The molecule has 1 amide bonds. The molecule has 0 radical (unpaired) electrons. The molecule has 9 heteroatoms. The molecule has 1 aliphatic carbocycles. The predicted octanol–water partition coefficient (Wildman–Crippen LogP) is 3.18. The minimum Gasteiger partial charge on any atom is -0.462 e. The Bertz CT molecular complexity index is 922. The van der Waals surface area contributed by atoms with Crippen LogP contribution < -0.4 is 11.1 Å². The fraction of sp³-hybridized carbons (Fsp3) is 0.278. The summed E-state index contributed by atoms with van der Waals surface area (Å²) in [5.41, 5.74) is 4.63. The number of halogens is 3. The molecule has 27 heavy (non-hydrogen) atoms. The second kappa shape index (κ2) is 6.45. The number of rotatable bonds is 4. The minimum absolute atomic E-state index is 0.156. The summed E-state index contributed by atoms with van der Waals surface area (Å²) in [5.74, 6) is -0.928. The molecule has 1 saturated carbocycles. The van der Waals surface area contributed by atoms with Crippen LogP contribution in [0.3, 0.4) is 0 Å². The van der Waals surface area contributed by atoms with E-state index in [1.54, 1.807) is 24.3 Å². The summed E-state index contributed by atoms with van der Waals surface area (Å²) in [6.07, 6.45) is -1.31. The van der Waals surface area contributed by atoms with Crippen LogP contribution in [0.25, 0.3) is 0 Å². The van der Waals surface area contributed by atoms with Gasteiger partial charge in [-0.2, -0.15) is 0 Å². The minimum atomic E-state index is -2.76. The molecule has 1 aliphatic heterocycles.